The van der Waals surface area contributed by atoms with Gasteiger partial charge in [0, 0.05) is 22.9 Å². The van der Waals surface area contributed by atoms with Gasteiger partial charge in [0.1, 0.15) is 5.82 Å². The molecular weight excluding hydrogens is 390 g/mol. The summed E-state index contributed by atoms with van der Waals surface area (Å²) in [6.45, 7) is 3.25. The molecule has 1 aliphatic carbocycles. The molecule has 3 rings (SSSR count). The van der Waals surface area contributed by atoms with Crippen LogP contribution in [0, 0.1) is 5.82 Å². The lowest BCUT2D eigenvalue weighted by Crippen LogP contribution is -2.56. The predicted molar refractivity (Wildman–Crippen MR) is 104 cm³/mol. The fourth-order valence-electron chi connectivity index (χ4n) is 3.92. The largest absolute Gasteiger partial charge is 0.418 e. The Morgan fingerprint density at radius 3 is 2.46 bits per heavy atom. The maximum absolute atomic E-state index is 14.0. The van der Waals surface area contributed by atoms with Gasteiger partial charge in [0.15, 0.2) is 5.60 Å². The molecule has 0 saturated heterocycles. The Balaban J connectivity index is 1.88. The van der Waals surface area contributed by atoms with Gasteiger partial charge in [-0.15, -0.1) is 11.8 Å². The second kappa shape index (κ2) is 7.75. The monoisotopic (exact) mass is 415 g/mol. The Morgan fingerprint density at radius 1 is 1.14 bits per heavy atom. The molecule has 0 bridgehead atoms. The fraction of sp³-hybridized carbons (Fsp3) is 0.524. The third kappa shape index (κ3) is 4.40. The highest BCUT2D eigenvalue weighted by atomic mass is 32.2. The van der Waals surface area contributed by atoms with Gasteiger partial charge in [0.05, 0.1) is 6.54 Å². The van der Waals surface area contributed by atoms with Gasteiger partial charge in [0.25, 0.3) is 0 Å². The van der Waals surface area contributed by atoms with Crippen molar-refractivity contribution in [3.63, 3.8) is 0 Å². The minimum absolute atomic E-state index is 0.444. The molecule has 154 valence electrons. The van der Waals surface area contributed by atoms with Gasteiger partial charge in [-0.3, -0.25) is 0 Å². The summed E-state index contributed by atoms with van der Waals surface area (Å²) in [6.07, 6.45) is 0.262. The number of hydrogen-bond acceptors (Lipinski definition) is 3. The number of aliphatic hydroxyl groups is 1. The summed E-state index contributed by atoms with van der Waals surface area (Å²) in [6, 6.07) is 5.42. The van der Waals surface area contributed by atoms with Crippen molar-refractivity contribution in [1.29, 1.82) is 0 Å². The molecule has 1 aromatic rings. The molecule has 1 aliphatic heterocycles. The number of benzene rings is 1. The summed E-state index contributed by atoms with van der Waals surface area (Å²) in [4.78, 5) is 2.76. The lowest BCUT2D eigenvalue weighted by atomic mass is 9.74. The minimum atomic E-state index is -4.78. The topological polar surface area (TPSA) is 23.5 Å². The smallest absolute Gasteiger partial charge is 0.379 e. The van der Waals surface area contributed by atoms with Gasteiger partial charge >= 0.3 is 6.18 Å². The summed E-state index contributed by atoms with van der Waals surface area (Å²) in [5.74, 6) is 0.266. The van der Waals surface area contributed by atoms with E-state index in [1.54, 1.807) is 30.5 Å². The maximum atomic E-state index is 14.0. The quantitative estimate of drug-likeness (QED) is 0.652. The van der Waals surface area contributed by atoms with Crippen LogP contribution in [0.5, 0.6) is 0 Å². The molecule has 1 atom stereocenters. The van der Waals surface area contributed by atoms with Crippen LogP contribution >= 0.6 is 11.8 Å². The van der Waals surface area contributed by atoms with Crippen molar-refractivity contribution in [2.75, 3.05) is 18.8 Å². The van der Waals surface area contributed by atoms with E-state index in [4.69, 9.17) is 0 Å². The predicted octanol–water partition coefficient (Wildman–Crippen LogP) is 5.40. The Hall–Kier alpha value is -1.47. The minimum Gasteiger partial charge on any atom is -0.379 e. The second-order valence-corrected chi connectivity index (χ2v) is 9.31. The van der Waals surface area contributed by atoms with E-state index in [-0.39, 0.29) is 0 Å². The molecule has 7 heteroatoms. The molecule has 28 heavy (non-hydrogen) atoms. The van der Waals surface area contributed by atoms with Crippen molar-refractivity contribution < 1.29 is 22.7 Å². The van der Waals surface area contributed by atoms with Crippen LogP contribution in [0.15, 0.2) is 47.0 Å². The molecule has 0 aromatic heterocycles. The summed E-state index contributed by atoms with van der Waals surface area (Å²) < 4.78 is 55.3. The number of alkyl halides is 3. The number of rotatable bonds is 5. The van der Waals surface area contributed by atoms with E-state index in [2.05, 4.69) is 0 Å². The molecule has 2 nitrogen and oxygen atoms in total. The molecule has 0 spiro atoms. The third-order valence-electron chi connectivity index (χ3n) is 5.42. The normalized spacial score (nSPS) is 20.2. The molecule has 1 heterocycles. The van der Waals surface area contributed by atoms with E-state index in [1.807, 2.05) is 12.2 Å². The molecule has 1 unspecified atom stereocenters. The number of halogens is 4. The standard InChI is InChI=1S/C21H25F4NOS/c1-19(2,15-7-9-16(22)10-8-15)13-20(27,21(23,24)25)14-26-11-12-28-18-6-4-3-5-17(18)26/h3,5,7-10,27H,4,6,11-14H2,1-2H3. The van der Waals surface area contributed by atoms with E-state index in [1.165, 1.54) is 24.3 Å². The average molecular weight is 415 g/mol. The number of nitrogens with zero attached hydrogens (tertiary/aromatic N) is 1. The van der Waals surface area contributed by atoms with Gasteiger partial charge in [-0.05, 0) is 48.4 Å². The molecule has 0 radical (unpaired) electrons. The molecule has 2 aliphatic rings. The van der Waals surface area contributed by atoms with Crippen molar-refractivity contribution >= 4 is 11.8 Å². The number of allylic oxidation sites excluding steroid dienone is 3. The first kappa shape index (κ1) is 21.2. The van der Waals surface area contributed by atoms with Crippen LogP contribution in [0.25, 0.3) is 0 Å². The summed E-state index contributed by atoms with van der Waals surface area (Å²) in [7, 11) is 0. The van der Waals surface area contributed by atoms with Gasteiger partial charge < -0.3 is 10.0 Å². The van der Waals surface area contributed by atoms with Crippen molar-refractivity contribution in [1.82, 2.24) is 4.90 Å². The van der Waals surface area contributed by atoms with Crippen molar-refractivity contribution in [3.05, 3.63) is 58.4 Å². The fourth-order valence-corrected chi connectivity index (χ4v) is 5.08. The van der Waals surface area contributed by atoms with E-state index < -0.39 is 36.0 Å². The van der Waals surface area contributed by atoms with Crippen LogP contribution in [0.1, 0.15) is 38.7 Å². The SMILES string of the molecule is CC(C)(CC(O)(CN1CCSC2=C1C=CCC2)C(F)(F)F)c1ccc(F)cc1. The van der Waals surface area contributed by atoms with Crippen molar-refractivity contribution in [2.24, 2.45) is 0 Å². The first-order chi connectivity index (χ1) is 13.0. The summed E-state index contributed by atoms with van der Waals surface area (Å²) in [5, 5.41) is 10.8. The first-order valence-corrected chi connectivity index (χ1v) is 10.3. The number of β-amino-alcohol motifs (C(OH)–C–C–N with tert-alkyl or cyclic N) is 1. The van der Waals surface area contributed by atoms with E-state index in [9.17, 15) is 22.7 Å². The van der Waals surface area contributed by atoms with E-state index in [0.717, 1.165) is 23.4 Å². The van der Waals surface area contributed by atoms with Crippen molar-refractivity contribution in [2.45, 2.75) is 50.3 Å². The summed E-state index contributed by atoms with van der Waals surface area (Å²) >= 11 is 1.68. The third-order valence-corrected chi connectivity index (χ3v) is 6.57. The Kier molecular flexibility index (Phi) is 5.88. The van der Waals surface area contributed by atoms with Crippen LogP contribution < -0.4 is 0 Å². The Labute approximate surface area is 167 Å². The first-order valence-electron chi connectivity index (χ1n) is 9.34. The molecule has 1 aromatic carbocycles. The zero-order chi connectivity index (χ0) is 20.6. The summed E-state index contributed by atoms with van der Waals surface area (Å²) in [5.41, 5.74) is -2.51. The Morgan fingerprint density at radius 2 is 1.82 bits per heavy atom. The van der Waals surface area contributed by atoms with Crippen LogP contribution in [0.4, 0.5) is 17.6 Å². The highest BCUT2D eigenvalue weighted by molar-refractivity contribution is 8.03. The zero-order valence-corrected chi connectivity index (χ0v) is 16.8. The van der Waals surface area contributed by atoms with E-state index >= 15 is 0 Å². The lowest BCUT2D eigenvalue weighted by molar-refractivity contribution is -0.270. The van der Waals surface area contributed by atoms with Gasteiger partial charge in [-0.2, -0.15) is 13.2 Å². The Bertz CT molecular complexity index is 770. The van der Waals surface area contributed by atoms with Crippen molar-refractivity contribution in [3.8, 4) is 0 Å². The second-order valence-electron chi connectivity index (χ2n) is 8.12. The van der Waals surface area contributed by atoms with Gasteiger partial charge in [-0.25, -0.2) is 4.39 Å². The number of thioether (sulfide) groups is 1. The zero-order valence-electron chi connectivity index (χ0n) is 16.0. The molecular formula is C21H25F4NOS. The van der Waals surface area contributed by atoms with Gasteiger partial charge in [0.2, 0.25) is 0 Å². The van der Waals surface area contributed by atoms with E-state index in [0.29, 0.717) is 17.9 Å². The van der Waals surface area contributed by atoms with Crippen LogP contribution in [-0.4, -0.2) is 40.6 Å². The molecule has 1 N–H and O–H groups in total. The number of hydrogen-bond donors (Lipinski definition) is 1. The average Bonchev–Trinajstić information content (AvgIpc) is 2.61. The highest BCUT2D eigenvalue weighted by Gasteiger charge is 2.57. The van der Waals surface area contributed by atoms with Crippen LogP contribution in [0.2, 0.25) is 0 Å². The highest BCUT2D eigenvalue weighted by Crippen LogP contribution is 2.43. The maximum Gasteiger partial charge on any atom is 0.418 e. The van der Waals surface area contributed by atoms with Gasteiger partial charge in [-0.1, -0.05) is 32.1 Å². The van der Waals surface area contributed by atoms with Crippen LogP contribution in [-0.2, 0) is 5.41 Å². The van der Waals surface area contributed by atoms with Crippen LogP contribution in [0.3, 0.4) is 0 Å². The molecule has 0 amide bonds. The molecule has 0 saturated carbocycles. The molecule has 0 fully saturated rings. The lowest BCUT2D eigenvalue weighted by Gasteiger charge is -2.43.